The van der Waals surface area contributed by atoms with Gasteiger partial charge >= 0.3 is 0 Å². The molecule has 0 saturated heterocycles. The zero-order valence-electron chi connectivity index (χ0n) is 7.29. The van der Waals surface area contributed by atoms with E-state index in [1.54, 1.807) is 11.3 Å². The third kappa shape index (κ3) is 1.23. The van der Waals surface area contributed by atoms with Crippen molar-refractivity contribution in [2.24, 2.45) is 0 Å². The van der Waals surface area contributed by atoms with Crippen LogP contribution in [0, 0.1) is 13.8 Å². The Morgan fingerprint density at radius 2 is 2.25 bits per heavy atom. The van der Waals surface area contributed by atoms with E-state index in [2.05, 4.69) is 37.1 Å². The molecule has 1 heterocycles. The molecule has 1 aromatic rings. The van der Waals surface area contributed by atoms with Crippen molar-refractivity contribution in [3.63, 3.8) is 0 Å². The maximum atomic E-state index is 4.49. The topological polar surface area (TPSA) is 12.9 Å². The van der Waals surface area contributed by atoms with E-state index in [1.165, 1.54) is 15.5 Å². The first-order valence-electron chi connectivity index (χ1n) is 4.08. The molecule has 0 radical (unpaired) electrons. The summed E-state index contributed by atoms with van der Waals surface area (Å²) >= 11 is 1.78. The van der Waals surface area contributed by atoms with Crippen molar-refractivity contribution in [3.8, 4) is 0 Å². The molecule has 1 nitrogen and oxygen atoms in total. The summed E-state index contributed by atoms with van der Waals surface area (Å²) in [5.41, 5.74) is 2.45. The van der Waals surface area contributed by atoms with Gasteiger partial charge in [-0.05, 0) is 20.3 Å². The average molecular weight is 177 g/mol. The highest BCUT2D eigenvalue weighted by molar-refractivity contribution is 7.12. The lowest BCUT2D eigenvalue weighted by atomic mass is 10.3. The van der Waals surface area contributed by atoms with Crippen molar-refractivity contribution in [2.45, 2.75) is 20.3 Å². The smallest absolute Gasteiger partial charge is 0.123 e. The van der Waals surface area contributed by atoms with Crippen LogP contribution in [-0.2, 0) is 0 Å². The van der Waals surface area contributed by atoms with Crippen molar-refractivity contribution in [1.29, 1.82) is 0 Å². The predicted octanol–water partition coefficient (Wildman–Crippen LogP) is 3.10. The second-order valence-corrected chi connectivity index (χ2v) is 4.16. The summed E-state index contributed by atoms with van der Waals surface area (Å²) in [5.74, 6) is 0. The molecule has 0 amide bonds. The lowest BCUT2D eigenvalue weighted by Crippen LogP contribution is -1.77. The number of thiazole rings is 1. The first-order chi connectivity index (χ1) is 5.77. The largest absolute Gasteiger partial charge is 0.241 e. The van der Waals surface area contributed by atoms with Crippen LogP contribution in [0.25, 0.3) is 5.57 Å². The first kappa shape index (κ1) is 7.74. The van der Waals surface area contributed by atoms with Crippen LogP contribution >= 0.6 is 11.3 Å². The van der Waals surface area contributed by atoms with Gasteiger partial charge in [-0.25, -0.2) is 4.98 Å². The Kier molecular flexibility index (Phi) is 1.85. The quantitative estimate of drug-likeness (QED) is 0.642. The van der Waals surface area contributed by atoms with Gasteiger partial charge in [0.1, 0.15) is 5.01 Å². The third-order valence-corrected chi connectivity index (χ3v) is 3.17. The van der Waals surface area contributed by atoms with E-state index in [9.17, 15) is 0 Å². The van der Waals surface area contributed by atoms with Gasteiger partial charge in [-0.15, -0.1) is 11.3 Å². The van der Waals surface area contributed by atoms with E-state index in [0.29, 0.717) is 0 Å². The van der Waals surface area contributed by atoms with Crippen LogP contribution in [0.4, 0.5) is 0 Å². The van der Waals surface area contributed by atoms with Gasteiger partial charge in [0.25, 0.3) is 0 Å². The Hall–Kier alpha value is -0.890. The van der Waals surface area contributed by atoms with Gasteiger partial charge in [0, 0.05) is 10.5 Å². The Balaban J connectivity index is 2.40. The molecule has 0 N–H and O–H groups in total. The fraction of sp³-hybridized carbons (Fsp3) is 0.300. The molecular weight excluding hydrogens is 166 g/mol. The zero-order chi connectivity index (χ0) is 8.55. The van der Waals surface area contributed by atoms with Crippen molar-refractivity contribution >= 4 is 16.9 Å². The lowest BCUT2D eigenvalue weighted by molar-refractivity contribution is 1.21. The molecule has 2 heteroatoms. The monoisotopic (exact) mass is 177 g/mol. The molecule has 62 valence electrons. The van der Waals surface area contributed by atoms with Gasteiger partial charge in [0.05, 0.1) is 5.69 Å². The fourth-order valence-electron chi connectivity index (χ4n) is 1.21. The molecule has 2 rings (SSSR count). The number of nitrogens with zero attached hydrogens (tertiary/aromatic N) is 1. The molecule has 0 unspecified atom stereocenters. The SMILES string of the molecule is Cc1nc(C2=CCC=C2)sc1C. The van der Waals surface area contributed by atoms with Crippen LogP contribution in [0.3, 0.4) is 0 Å². The van der Waals surface area contributed by atoms with Gasteiger partial charge in [0.15, 0.2) is 0 Å². The predicted molar refractivity (Wildman–Crippen MR) is 53.3 cm³/mol. The van der Waals surface area contributed by atoms with E-state index in [1.807, 2.05) is 0 Å². The van der Waals surface area contributed by atoms with Crippen molar-refractivity contribution in [2.75, 3.05) is 0 Å². The van der Waals surface area contributed by atoms with E-state index < -0.39 is 0 Å². The molecule has 0 saturated carbocycles. The Labute approximate surface area is 76.5 Å². The number of hydrogen-bond acceptors (Lipinski definition) is 2. The second kappa shape index (κ2) is 2.87. The van der Waals surface area contributed by atoms with Gasteiger partial charge in [-0.2, -0.15) is 0 Å². The molecule has 12 heavy (non-hydrogen) atoms. The number of rotatable bonds is 1. The standard InChI is InChI=1S/C10H11NS/c1-7-8(2)12-10(11-7)9-5-3-4-6-9/h3,5-6H,4H2,1-2H3. The highest BCUT2D eigenvalue weighted by atomic mass is 32.1. The summed E-state index contributed by atoms with van der Waals surface area (Å²) < 4.78 is 0. The third-order valence-electron chi connectivity index (χ3n) is 2.05. The molecule has 0 atom stereocenters. The number of allylic oxidation sites excluding steroid dienone is 4. The number of hydrogen-bond donors (Lipinski definition) is 0. The van der Waals surface area contributed by atoms with Crippen LogP contribution in [-0.4, -0.2) is 4.98 Å². The number of aryl methyl sites for hydroxylation is 2. The molecule has 1 aliphatic carbocycles. The molecular formula is C10H11NS. The summed E-state index contributed by atoms with van der Waals surface area (Å²) in [6.07, 6.45) is 7.60. The van der Waals surface area contributed by atoms with E-state index >= 15 is 0 Å². The Morgan fingerprint density at radius 1 is 1.42 bits per heavy atom. The zero-order valence-corrected chi connectivity index (χ0v) is 8.11. The molecule has 0 fully saturated rings. The van der Waals surface area contributed by atoms with Crippen molar-refractivity contribution in [3.05, 3.63) is 33.8 Å². The summed E-state index contributed by atoms with van der Waals surface area (Å²) in [7, 11) is 0. The Bertz CT molecular complexity index is 338. The highest BCUT2D eigenvalue weighted by Crippen LogP contribution is 2.27. The van der Waals surface area contributed by atoms with Crippen LogP contribution in [0.5, 0.6) is 0 Å². The van der Waals surface area contributed by atoms with E-state index in [-0.39, 0.29) is 0 Å². The summed E-state index contributed by atoms with van der Waals surface area (Å²) in [4.78, 5) is 5.82. The Morgan fingerprint density at radius 3 is 2.75 bits per heavy atom. The van der Waals surface area contributed by atoms with Gasteiger partial charge in [-0.3, -0.25) is 0 Å². The van der Waals surface area contributed by atoms with Gasteiger partial charge in [-0.1, -0.05) is 18.2 Å². The lowest BCUT2D eigenvalue weighted by Gasteiger charge is -1.89. The van der Waals surface area contributed by atoms with E-state index in [4.69, 9.17) is 0 Å². The average Bonchev–Trinajstić information content (AvgIpc) is 2.61. The molecule has 0 spiro atoms. The molecule has 0 bridgehead atoms. The first-order valence-corrected chi connectivity index (χ1v) is 4.90. The maximum absolute atomic E-state index is 4.49. The van der Waals surface area contributed by atoms with Gasteiger partial charge < -0.3 is 0 Å². The minimum absolute atomic E-state index is 1.06. The fourth-order valence-corrected chi connectivity index (χ4v) is 2.15. The second-order valence-electron chi connectivity index (χ2n) is 2.96. The molecule has 0 aromatic carbocycles. The van der Waals surface area contributed by atoms with E-state index in [0.717, 1.165) is 12.1 Å². The highest BCUT2D eigenvalue weighted by Gasteiger charge is 2.07. The normalized spacial score (nSPS) is 15.3. The summed E-state index contributed by atoms with van der Waals surface area (Å²) in [6.45, 7) is 4.18. The minimum atomic E-state index is 1.06. The molecule has 1 aliphatic rings. The van der Waals surface area contributed by atoms with Gasteiger partial charge in [0.2, 0.25) is 0 Å². The van der Waals surface area contributed by atoms with Crippen LogP contribution < -0.4 is 0 Å². The summed E-state index contributed by atoms with van der Waals surface area (Å²) in [6, 6.07) is 0. The molecule has 0 aliphatic heterocycles. The minimum Gasteiger partial charge on any atom is -0.241 e. The van der Waals surface area contributed by atoms with Crippen LogP contribution in [0.1, 0.15) is 22.0 Å². The van der Waals surface area contributed by atoms with Crippen LogP contribution in [0.15, 0.2) is 18.2 Å². The maximum Gasteiger partial charge on any atom is 0.123 e. The molecule has 1 aromatic heterocycles. The summed E-state index contributed by atoms with van der Waals surface area (Å²) in [5, 5.41) is 1.17. The van der Waals surface area contributed by atoms with Crippen LogP contribution in [0.2, 0.25) is 0 Å². The number of aromatic nitrogens is 1. The van der Waals surface area contributed by atoms with Crippen molar-refractivity contribution < 1.29 is 0 Å². The van der Waals surface area contributed by atoms with Crippen molar-refractivity contribution in [1.82, 2.24) is 4.98 Å².